The van der Waals surface area contributed by atoms with E-state index < -0.39 is 25.0 Å². The quantitative estimate of drug-likeness (QED) is 0.208. The van der Waals surface area contributed by atoms with Gasteiger partial charge in [-0.25, -0.2) is 0 Å². The molecule has 0 amide bonds. The Hall–Kier alpha value is 0.0706. The SMILES string of the molecule is CC[Si](CC)(CC)OC[C@H]1OC=C[C@H](O[Si](CC)(CC)CC)[C@H]1O[Si](CC)(CC)CC. The Balaban J connectivity index is 3.21. The van der Waals surface area contributed by atoms with E-state index >= 15 is 0 Å². The van der Waals surface area contributed by atoms with Crippen molar-refractivity contribution in [2.24, 2.45) is 0 Å². The van der Waals surface area contributed by atoms with Crippen LogP contribution in [0.15, 0.2) is 12.3 Å². The summed E-state index contributed by atoms with van der Waals surface area (Å²) in [5.41, 5.74) is 0. The second-order valence-electron chi connectivity index (χ2n) is 9.21. The van der Waals surface area contributed by atoms with E-state index in [-0.39, 0.29) is 18.3 Å². The lowest BCUT2D eigenvalue weighted by Gasteiger charge is -2.44. The van der Waals surface area contributed by atoms with Gasteiger partial charge in [0.1, 0.15) is 12.2 Å². The summed E-state index contributed by atoms with van der Waals surface area (Å²) in [4.78, 5) is 0. The van der Waals surface area contributed by atoms with Crippen molar-refractivity contribution in [2.45, 2.75) is 135 Å². The van der Waals surface area contributed by atoms with Crippen LogP contribution in [0.2, 0.25) is 54.4 Å². The van der Waals surface area contributed by atoms with Gasteiger partial charge in [-0.3, -0.25) is 0 Å². The minimum atomic E-state index is -1.82. The van der Waals surface area contributed by atoms with Crippen LogP contribution in [-0.2, 0) is 18.0 Å². The smallest absolute Gasteiger partial charge is 0.193 e. The normalized spacial score (nSPS) is 22.5. The molecule has 0 saturated heterocycles. The van der Waals surface area contributed by atoms with Gasteiger partial charge >= 0.3 is 0 Å². The zero-order valence-electron chi connectivity index (χ0n) is 22.1. The van der Waals surface area contributed by atoms with Crippen LogP contribution < -0.4 is 0 Å². The maximum absolute atomic E-state index is 7.09. The lowest BCUT2D eigenvalue weighted by atomic mass is 10.1. The van der Waals surface area contributed by atoms with Gasteiger partial charge in [-0.2, -0.15) is 0 Å². The molecule has 0 aromatic heterocycles. The highest BCUT2D eigenvalue weighted by molar-refractivity contribution is 6.74. The first kappa shape index (κ1) is 29.1. The topological polar surface area (TPSA) is 36.9 Å². The molecule has 0 aliphatic carbocycles. The predicted octanol–water partition coefficient (Wildman–Crippen LogP) is 7.70. The zero-order chi connectivity index (χ0) is 23.5. The fraction of sp³-hybridized carbons (Fsp3) is 0.917. The molecule has 0 N–H and O–H groups in total. The molecular formula is C24H52O4Si3. The van der Waals surface area contributed by atoms with Crippen LogP contribution in [0.5, 0.6) is 0 Å². The van der Waals surface area contributed by atoms with Crippen molar-refractivity contribution >= 4 is 25.0 Å². The Labute approximate surface area is 196 Å². The van der Waals surface area contributed by atoms with Gasteiger partial charge in [-0.15, -0.1) is 0 Å². The van der Waals surface area contributed by atoms with Crippen LogP contribution in [0.25, 0.3) is 0 Å². The van der Waals surface area contributed by atoms with Gasteiger partial charge in [0, 0.05) is 0 Å². The maximum Gasteiger partial charge on any atom is 0.193 e. The van der Waals surface area contributed by atoms with Gasteiger partial charge in [-0.1, -0.05) is 62.3 Å². The Kier molecular flexibility index (Phi) is 12.9. The Bertz CT molecular complexity index is 492. The average Bonchev–Trinajstić information content (AvgIpc) is 2.83. The van der Waals surface area contributed by atoms with E-state index in [0.29, 0.717) is 6.61 Å². The molecule has 7 heteroatoms. The molecule has 0 radical (unpaired) electrons. The van der Waals surface area contributed by atoms with Gasteiger partial charge in [0.15, 0.2) is 25.0 Å². The van der Waals surface area contributed by atoms with Crippen molar-refractivity contribution in [1.82, 2.24) is 0 Å². The molecule has 0 fully saturated rings. The number of ether oxygens (including phenoxy) is 1. The summed E-state index contributed by atoms with van der Waals surface area (Å²) in [5, 5.41) is 0. The van der Waals surface area contributed by atoms with Crippen LogP contribution in [0.3, 0.4) is 0 Å². The minimum Gasteiger partial charge on any atom is -0.493 e. The molecule has 1 aliphatic rings. The van der Waals surface area contributed by atoms with Crippen LogP contribution in [0, 0.1) is 0 Å². The van der Waals surface area contributed by atoms with Crippen molar-refractivity contribution in [2.75, 3.05) is 6.61 Å². The van der Waals surface area contributed by atoms with E-state index in [1.807, 2.05) is 6.26 Å². The molecule has 4 nitrogen and oxygen atoms in total. The van der Waals surface area contributed by atoms with Crippen LogP contribution >= 0.6 is 0 Å². The molecule has 184 valence electrons. The summed E-state index contributed by atoms with van der Waals surface area (Å²) in [6, 6.07) is 10.3. The molecule has 0 spiro atoms. The van der Waals surface area contributed by atoms with E-state index in [0.717, 1.165) is 54.4 Å². The number of rotatable bonds is 16. The van der Waals surface area contributed by atoms with Gasteiger partial charge in [-0.05, 0) is 60.5 Å². The largest absolute Gasteiger partial charge is 0.493 e. The molecule has 1 rings (SSSR count). The van der Waals surface area contributed by atoms with Crippen LogP contribution in [0.1, 0.15) is 62.3 Å². The molecule has 3 atom stereocenters. The van der Waals surface area contributed by atoms with E-state index in [1.54, 1.807) is 0 Å². The Morgan fingerprint density at radius 2 is 1.03 bits per heavy atom. The second-order valence-corrected chi connectivity index (χ2v) is 23.4. The predicted molar refractivity (Wildman–Crippen MR) is 141 cm³/mol. The average molecular weight is 489 g/mol. The first-order valence-electron chi connectivity index (χ1n) is 13.1. The third-order valence-electron chi connectivity index (χ3n) is 8.34. The van der Waals surface area contributed by atoms with Crippen molar-refractivity contribution < 1.29 is 18.0 Å². The van der Waals surface area contributed by atoms with E-state index in [9.17, 15) is 0 Å². The third-order valence-corrected chi connectivity index (χ3v) is 22.3. The van der Waals surface area contributed by atoms with Crippen molar-refractivity contribution in [3.63, 3.8) is 0 Å². The molecule has 0 unspecified atom stereocenters. The van der Waals surface area contributed by atoms with Crippen LogP contribution in [0.4, 0.5) is 0 Å². The van der Waals surface area contributed by atoms with Crippen molar-refractivity contribution in [3.8, 4) is 0 Å². The summed E-state index contributed by atoms with van der Waals surface area (Å²) < 4.78 is 27.0. The monoisotopic (exact) mass is 488 g/mol. The number of hydrogen-bond acceptors (Lipinski definition) is 4. The zero-order valence-corrected chi connectivity index (χ0v) is 25.1. The highest BCUT2D eigenvalue weighted by Gasteiger charge is 2.44. The van der Waals surface area contributed by atoms with Gasteiger partial charge in [0.25, 0.3) is 0 Å². The highest BCUT2D eigenvalue weighted by atomic mass is 28.4. The molecule has 0 bridgehead atoms. The third kappa shape index (κ3) is 7.27. The van der Waals surface area contributed by atoms with E-state index in [2.05, 4.69) is 68.4 Å². The number of hydrogen-bond donors (Lipinski definition) is 0. The fourth-order valence-electron chi connectivity index (χ4n) is 4.90. The van der Waals surface area contributed by atoms with E-state index in [4.69, 9.17) is 18.0 Å². The van der Waals surface area contributed by atoms with Gasteiger partial charge < -0.3 is 18.0 Å². The van der Waals surface area contributed by atoms with E-state index in [1.165, 1.54) is 0 Å². The summed E-state index contributed by atoms with van der Waals surface area (Å²) in [6.45, 7) is 21.3. The fourth-order valence-corrected chi connectivity index (χ4v) is 13.2. The lowest BCUT2D eigenvalue weighted by molar-refractivity contribution is -0.0667. The molecule has 0 aromatic rings. The first-order chi connectivity index (χ1) is 14.8. The maximum atomic E-state index is 7.09. The van der Waals surface area contributed by atoms with Crippen molar-refractivity contribution in [3.05, 3.63) is 12.3 Å². The standard InChI is InChI=1S/C24H52O4Si3/c1-10-29(11-2,12-3)26-21-23-24(28-31(16-7,17-8)18-9)22(19-20-25-23)27-30(13-4,14-5)15-6/h19-20,22-24H,10-18,21H2,1-9H3/t22-,23+,24+/m0/s1. The molecule has 0 saturated carbocycles. The summed E-state index contributed by atoms with van der Waals surface area (Å²) in [6.07, 6.45) is 3.81. The molecule has 0 aromatic carbocycles. The highest BCUT2D eigenvalue weighted by Crippen LogP contribution is 2.33. The lowest BCUT2D eigenvalue weighted by Crippen LogP contribution is -2.56. The molecule has 31 heavy (non-hydrogen) atoms. The first-order valence-corrected chi connectivity index (χ1v) is 20.7. The summed E-state index contributed by atoms with van der Waals surface area (Å²) in [5.74, 6) is 0. The summed E-state index contributed by atoms with van der Waals surface area (Å²) >= 11 is 0. The molecule has 1 heterocycles. The molecule has 1 aliphatic heterocycles. The summed E-state index contributed by atoms with van der Waals surface area (Å²) in [7, 11) is -5.27. The molecular weight excluding hydrogens is 437 g/mol. The second kappa shape index (κ2) is 13.7. The van der Waals surface area contributed by atoms with Crippen LogP contribution in [-0.4, -0.2) is 49.9 Å². The Morgan fingerprint density at radius 1 is 0.613 bits per heavy atom. The van der Waals surface area contributed by atoms with Gasteiger partial charge in [0.05, 0.1) is 19.0 Å². The minimum absolute atomic E-state index is 0.0219. The van der Waals surface area contributed by atoms with Gasteiger partial charge in [0.2, 0.25) is 0 Å². The Morgan fingerprint density at radius 3 is 1.45 bits per heavy atom. The van der Waals surface area contributed by atoms with Crippen molar-refractivity contribution in [1.29, 1.82) is 0 Å².